The third-order valence-electron chi connectivity index (χ3n) is 4.15. The van der Waals surface area contributed by atoms with Gasteiger partial charge in [-0.25, -0.2) is 4.79 Å². The van der Waals surface area contributed by atoms with Crippen molar-refractivity contribution in [3.8, 4) is 0 Å². The average Bonchev–Trinajstić information content (AvgIpc) is 2.54. The van der Waals surface area contributed by atoms with Crippen LogP contribution in [0, 0.1) is 0 Å². The third kappa shape index (κ3) is 2.93. The van der Waals surface area contributed by atoms with Crippen LogP contribution in [-0.4, -0.2) is 16.1 Å². The van der Waals surface area contributed by atoms with Crippen molar-refractivity contribution in [1.29, 1.82) is 0 Å². The molecule has 0 bridgehead atoms. The molecule has 1 aromatic heterocycles. The Hall–Kier alpha value is -2.59. The SMILES string of the molecule is CC1=C(C(=O)O)C(c2cccc(Cl)c2)C(c2cccnc2)=C(C)N1. The number of carboxylic acids is 1. The topological polar surface area (TPSA) is 62.2 Å². The van der Waals surface area contributed by atoms with Crippen molar-refractivity contribution in [2.75, 3.05) is 0 Å². The molecule has 1 atom stereocenters. The van der Waals surface area contributed by atoms with Crippen LogP contribution in [0.3, 0.4) is 0 Å². The van der Waals surface area contributed by atoms with E-state index in [9.17, 15) is 9.90 Å². The minimum atomic E-state index is -0.945. The first-order chi connectivity index (χ1) is 11.5. The molecule has 0 radical (unpaired) electrons. The molecule has 0 aliphatic carbocycles. The second-order valence-electron chi connectivity index (χ2n) is 5.74. The minimum absolute atomic E-state index is 0.321. The number of halogens is 1. The van der Waals surface area contributed by atoms with Gasteiger partial charge in [0.1, 0.15) is 0 Å². The van der Waals surface area contributed by atoms with Gasteiger partial charge in [-0.3, -0.25) is 4.98 Å². The van der Waals surface area contributed by atoms with Gasteiger partial charge < -0.3 is 10.4 Å². The van der Waals surface area contributed by atoms with Crippen molar-refractivity contribution in [2.45, 2.75) is 19.8 Å². The van der Waals surface area contributed by atoms with Gasteiger partial charge in [-0.15, -0.1) is 0 Å². The van der Waals surface area contributed by atoms with E-state index in [1.165, 1.54) is 0 Å². The van der Waals surface area contributed by atoms with Gasteiger partial charge in [0.05, 0.1) is 5.57 Å². The first-order valence-electron chi connectivity index (χ1n) is 7.56. The van der Waals surface area contributed by atoms with Crippen LogP contribution in [-0.2, 0) is 4.79 Å². The number of carboxylic acid groups (broad SMARTS) is 1. The van der Waals surface area contributed by atoms with Gasteiger partial charge in [0.15, 0.2) is 0 Å². The summed E-state index contributed by atoms with van der Waals surface area (Å²) in [7, 11) is 0. The second-order valence-corrected chi connectivity index (χ2v) is 6.17. The molecule has 0 fully saturated rings. The summed E-state index contributed by atoms with van der Waals surface area (Å²) >= 11 is 6.15. The van der Waals surface area contributed by atoms with Crippen molar-refractivity contribution in [3.63, 3.8) is 0 Å². The highest BCUT2D eigenvalue weighted by molar-refractivity contribution is 6.30. The van der Waals surface area contributed by atoms with Crippen molar-refractivity contribution < 1.29 is 9.90 Å². The van der Waals surface area contributed by atoms with E-state index in [0.717, 1.165) is 22.4 Å². The first-order valence-corrected chi connectivity index (χ1v) is 7.94. The maximum absolute atomic E-state index is 11.9. The zero-order valence-electron chi connectivity index (χ0n) is 13.4. The van der Waals surface area contributed by atoms with Crippen LogP contribution in [0.1, 0.15) is 30.9 Å². The summed E-state index contributed by atoms with van der Waals surface area (Å²) in [6.45, 7) is 3.73. The molecule has 1 aliphatic heterocycles. The molecule has 0 saturated heterocycles. The molecule has 24 heavy (non-hydrogen) atoms. The van der Waals surface area contributed by atoms with Crippen LogP contribution < -0.4 is 5.32 Å². The Kier molecular flexibility index (Phi) is 4.40. The minimum Gasteiger partial charge on any atom is -0.478 e. The number of nitrogens with zero attached hydrogens (tertiary/aromatic N) is 1. The molecule has 4 nitrogen and oxygen atoms in total. The lowest BCUT2D eigenvalue weighted by molar-refractivity contribution is -0.132. The Bertz CT molecular complexity index is 857. The molecule has 122 valence electrons. The summed E-state index contributed by atoms with van der Waals surface area (Å²) in [5, 5.41) is 13.6. The van der Waals surface area contributed by atoms with Crippen LogP contribution in [0.25, 0.3) is 5.57 Å². The molecule has 2 aromatic rings. The zero-order chi connectivity index (χ0) is 17.3. The Morgan fingerprint density at radius 3 is 2.62 bits per heavy atom. The Labute approximate surface area is 145 Å². The number of benzene rings is 1. The third-order valence-corrected chi connectivity index (χ3v) is 4.38. The number of nitrogens with one attached hydrogen (secondary N) is 1. The number of aromatic nitrogens is 1. The van der Waals surface area contributed by atoms with Crippen LogP contribution in [0.2, 0.25) is 5.02 Å². The van der Waals surface area contributed by atoms with Crippen LogP contribution >= 0.6 is 11.6 Å². The standard InChI is InChI=1S/C19H17ClN2O2/c1-11-16(14-6-4-8-21-10-14)18(13-5-3-7-15(20)9-13)17(19(23)24)12(2)22-11/h3-10,18,22H,1-2H3,(H,23,24). The van der Waals surface area contributed by atoms with E-state index in [4.69, 9.17) is 11.6 Å². The highest BCUT2D eigenvalue weighted by atomic mass is 35.5. The van der Waals surface area contributed by atoms with E-state index < -0.39 is 11.9 Å². The number of rotatable bonds is 3. The van der Waals surface area contributed by atoms with E-state index in [-0.39, 0.29) is 0 Å². The fourth-order valence-electron chi connectivity index (χ4n) is 3.20. The zero-order valence-corrected chi connectivity index (χ0v) is 14.1. The van der Waals surface area contributed by atoms with E-state index in [2.05, 4.69) is 10.3 Å². The van der Waals surface area contributed by atoms with Crippen LogP contribution in [0.15, 0.2) is 65.8 Å². The van der Waals surface area contributed by atoms with Crippen LogP contribution in [0.4, 0.5) is 0 Å². The van der Waals surface area contributed by atoms with E-state index in [1.807, 2.05) is 37.3 Å². The molecule has 2 N–H and O–H groups in total. The summed E-state index contributed by atoms with van der Waals surface area (Å²) in [4.78, 5) is 16.1. The highest BCUT2D eigenvalue weighted by Gasteiger charge is 2.33. The predicted molar refractivity (Wildman–Crippen MR) is 94.5 cm³/mol. The molecule has 2 heterocycles. The summed E-state index contributed by atoms with van der Waals surface area (Å²) in [5.74, 6) is -1.36. The average molecular weight is 341 g/mol. The van der Waals surface area contributed by atoms with Gasteiger partial charge in [0.2, 0.25) is 0 Å². The molecular formula is C19H17ClN2O2. The largest absolute Gasteiger partial charge is 0.478 e. The quantitative estimate of drug-likeness (QED) is 0.878. The first kappa shape index (κ1) is 16.3. The van der Waals surface area contributed by atoms with E-state index in [1.54, 1.807) is 25.4 Å². The second kappa shape index (κ2) is 6.49. The molecule has 1 aliphatic rings. The van der Waals surface area contributed by atoms with Gasteiger partial charge in [-0.2, -0.15) is 0 Å². The molecular weight excluding hydrogens is 324 g/mol. The van der Waals surface area contributed by atoms with E-state index >= 15 is 0 Å². The van der Waals surface area contributed by atoms with Crippen LogP contribution in [0.5, 0.6) is 0 Å². The summed E-state index contributed by atoms with van der Waals surface area (Å²) < 4.78 is 0. The van der Waals surface area contributed by atoms with Crippen molar-refractivity contribution >= 4 is 23.1 Å². The van der Waals surface area contributed by atoms with Crippen molar-refractivity contribution in [3.05, 3.63) is 81.9 Å². The normalized spacial score (nSPS) is 17.7. The molecule has 3 rings (SSSR count). The molecule has 0 amide bonds. The van der Waals surface area contributed by atoms with Gasteiger partial charge >= 0.3 is 5.97 Å². The lowest BCUT2D eigenvalue weighted by Gasteiger charge is -2.31. The number of aliphatic carboxylic acids is 1. The molecule has 1 aromatic carbocycles. The number of dihydropyridines is 1. The van der Waals surface area contributed by atoms with Crippen molar-refractivity contribution in [2.24, 2.45) is 0 Å². The summed E-state index contributed by atoms with van der Waals surface area (Å²) in [5.41, 5.74) is 4.50. The fraction of sp³-hybridized carbons (Fsp3) is 0.158. The summed E-state index contributed by atoms with van der Waals surface area (Å²) in [6.07, 6.45) is 3.45. The maximum atomic E-state index is 11.9. The number of carbonyl (C=O) groups is 1. The maximum Gasteiger partial charge on any atom is 0.334 e. The monoisotopic (exact) mass is 340 g/mol. The molecule has 0 spiro atoms. The lowest BCUT2D eigenvalue weighted by atomic mass is 9.78. The van der Waals surface area contributed by atoms with Gasteiger partial charge in [0, 0.05) is 34.7 Å². The molecule has 5 heteroatoms. The van der Waals surface area contributed by atoms with Crippen molar-refractivity contribution in [1.82, 2.24) is 10.3 Å². The number of hydrogen-bond acceptors (Lipinski definition) is 3. The lowest BCUT2D eigenvalue weighted by Crippen LogP contribution is -2.27. The molecule has 1 unspecified atom stereocenters. The number of hydrogen-bond donors (Lipinski definition) is 2. The number of pyridine rings is 1. The fourth-order valence-corrected chi connectivity index (χ4v) is 3.40. The number of allylic oxidation sites excluding steroid dienone is 3. The highest BCUT2D eigenvalue weighted by Crippen LogP contribution is 2.43. The Morgan fingerprint density at radius 2 is 2.00 bits per heavy atom. The Balaban J connectivity index is 2.25. The predicted octanol–water partition coefficient (Wildman–Crippen LogP) is 4.21. The van der Waals surface area contributed by atoms with Gasteiger partial charge in [0.25, 0.3) is 0 Å². The molecule has 0 saturated carbocycles. The smallest absolute Gasteiger partial charge is 0.334 e. The summed E-state index contributed by atoms with van der Waals surface area (Å²) in [6, 6.07) is 11.1. The van der Waals surface area contributed by atoms with Gasteiger partial charge in [-0.05, 0) is 48.7 Å². The Morgan fingerprint density at radius 1 is 1.21 bits per heavy atom. The van der Waals surface area contributed by atoms with Gasteiger partial charge in [-0.1, -0.05) is 29.8 Å². The van der Waals surface area contributed by atoms with E-state index in [0.29, 0.717) is 16.3 Å².